The molecule has 1 unspecified atom stereocenters. The summed E-state index contributed by atoms with van der Waals surface area (Å²) in [4.78, 5) is 0. The summed E-state index contributed by atoms with van der Waals surface area (Å²) < 4.78 is 0. The third kappa shape index (κ3) is 1.31. The Kier molecular flexibility index (Phi) is 1.94. The predicted molar refractivity (Wildman–Crippen MR) is 59.9 cm³/mol. The van der Waals surface area contributed by atoms with Crippen molar-refractivity contribution >= 4 is 17.3 Å². The first kappa shape index (κ1) is 8.60. The molecule has 0 spiro atoms. The van der Waals surface area contributed by atoms with Crippen LogP contribution in [0.3, 0.4) is 0 Å². The van der Waals surface area contributed by atoms with Crippen LogP contribution in [0.2, 0.25) is 5.02 Å². The molecule has 1 aromatic carbocycles. The van der Waals surface area contributed by atoms with E-state index in [2.05, 4.69) is 17.4 Å². The van der Waals surface area contributed by atoms with Gasteiger partial charge < -0.3 is 5.32 Å². The van der Waals surface area contributed by atoms with Crippen LogP contribution in [0.1, 0.15) is 24.8 Å². The molecular formula is C12H14ClN. The van der Waals surface area contributed by atoms with Crippen molar-refractivity contribution in [2.45, 2.75) is 31.7 Å². The van der Waals surface area contributed by atoms with E-state index in [1.54, 1.807) is 0 Å². The van der Waals surface area contributed by atoms with E-state index >= 15 is 0 Å². The second kappa shape index (κ2) is 3.16. The molecule has 3 rings (SSSR count). The average molecular weight is 208 g/mol. The maximum atomic E-state index is 5.96. The first-order valence-corrected chi connectivity index (χ1v) is 5.76. The minimum absolute atomic E-state index is 0.678. The van der Waals surface area contributed by atoms with Crippen molar-refractivity contribution in [3.8, 4) is 0 Å². The van der Waals surface area contributed by atoms with Crippen LogP contribution in [-0.4, -0.2) is 6.04 Å². The Hall–Kier alpha value is -0.690. The number of rotatable bonds is 1. The second-order valence-electron chi connectivity index (χ2n) is 4.45. The number of hydrogen-bond donors (Lipinski definition) is 1. The van der Waals surface area contributed by atoms with Crippen LogP contribution in [0, 0.1) is 5.92 Å². The monoisotopic (exact) mass is 207 g/mol. The highest BCUT2D eigenvalue weighted by Gasteiger charge is 2.31. The molecule has 1 saturated carbocycles. The molecule has 1 nitrogen and oxygen atoms in total. The van der Waals surface area contributed by atoms with Gasteiger partial charge in [-0.15, -0.1) is 0 Å². The number of halogens is 1. The van der Waals surface area contributed by atoms with Crippen LogP contribution in [0.15, 0.2) is 18.2 Å². The van der Waals surface area contributed by atoms with Crippen LogP contribution in [0.5, 0.6) is 0 Å². The Morgan fingerprint density at radius 2 is 2.14 bits per heavy atom. The SMILES string of the molecule is Clc1ccc2c(c1)NC(C1CCC1)C2. The molecule has 1 atom stereocenters. The Bertz CT molecular complexity index is 357. The number of nitrogens with one attached hydrogen (secondary N) is 1. The molecule has 14 heavy (non-hydrogen) atoms. The Morgan fingerprint density at radius 1 is 1.29 bits per heavy atom. The fourth-order valence-electron chi connectivity index (χ4n) is 2.48. The van der Waals surface area contributed by atoms with Gasteiger partial charge in [0.2, 0.25) is 0 Å². The fourth-order valence-corrected chi connectivity index (χ4v) is 2.65. The Balaban J connectivity index is 1.82. The molecule has 1 N–H and O–H groups in total. The molecule has 0 radical (unpaired) electrons. The van der Waals surface area contributed by atoms with Crippen LogP contribution in [0.4, 0.5) is 5.69 Å². The number of benzene rings is 1. The summed E-state index contributed by atoms with van der Waals surface area (Å²) in [5.41, 5.74) is 2.70. The van der Waals surface area contributed by atoms with Gasteiger partial charge in [0.1, 0.15) is 0 Å². The molecule has 0 aromatic heterocycles. The van der Waals surface area contributed by atoms with E-state index in [1.807, 2.05) is 6.07 Å². The highest BCUT2D eigenvalue weighted by atomic mass is 35.5. The third-order valence-electron chi connectivity index (χ3n) is 3.57. The highest BCUT2D eigenvalue weighted by molar-refractivity contribution is 6.30. The Labute approximate surface area is 89.5 Å². The maximum Gasteiger partial charge on any atom is 0.0426 e. The van der Waals surface area contributed by atoms with Gasteiger partial charge in [-0.2, -0.15) is 0 Å². The van der Waals surface area contributed by atoms with Crippen molar-refractivity contribution in [3.05, 3.63) is 28.8 Å². The van der Waals surface area contributed by atoms with E-state index in [4.69, 9.17) is 11.6 Å². The van der Waals surface area contributed by atoms with Gasteiger partial charge in [0, 0.05) is 16.8 Å². The number of fused-ring (bicyclic) bond motifs is 1. The van der Waals surface area contributed by atoms with Gasteiger partial charge in [0.05, 0.1) is 0 Å². The predicted octanol–water partition coefficient (Wildman–Crippen LogP) is 3.48. The minimum Gasteiger partial charge on any atom is -0.381 e. The molecule has 0 amide bonds. The first-order chi connectivity index (χ1) is 6.83. The summed E-state index contributed by atoms with van der Waals surface area (Å²) in [6.07, 6.45) is 5.41. The molecule has 1 aromatic rings. The van der Waals surface area contributed by atoms with E-state index in [9.17, 15) is 0 Å². The normalized spacial score (nSPS) is 25.4. The van der Waals surface area contributed by atoms with Gasteiger partial charge in [-0.1, -0.05) is 24.1 Å². The van der Waals surface area contributed by atoms with Crippen LogP contribution >= 0.6 is 11.6 Å². The van der Waals surface area contributed by atoms with Crippen molar-refractivity contribution in [1.29, 1.82) is 0 Å². The molecule has 1 heterocycles. The number of anilines is 1. The van der Waals surface area contributed by atoms with E-state index in [0.29, 0.717) is 6.04 Å². The highest BCUT2D eigenvalue weighted by Crippen LogP contribution is 2.38. The summed E-state index contributed by atoms with van der Waals surface area (Å²) in [5, 5.41) is 4.43. The minimum atomic E-state index is 0.678. The quantitative estimate of drug-likeness (QED) is 0.744. The van der Waals surface area contributed by atoms with Crippen molar-refractivity contribution in [3.63, 3.8) is 0 Å². The van der Waals surface area contributed by atoms with Gasteiger partial charge in [-0.3, -0.25) is 0 Å². The third-order valence-corrected chi connectivity index (χ3v) is 3.81. The standard InChI is InChI=1S/C12H14ClN/c13-10-5-4-9-6-11(8-2-1-3-8)14-12(9)7-10/h4-5,7-8,11,14H,1-3,6H2. The van der Waals surface area contributed by atoms with Gasteiger partial charge in [0.15, 0.2) is 0 Å². The lowest BCUT2D eigenvalue weighted by atomic mass is 9.79. The lowest BCUT2D eigenvalue weighted by Gasteiger charge is -2.31. The maximum absolute atomic E-state index is 5.96. The first-order valence-electron chi connectivity index (χ1n) is 5.38. The van der Waals surface area contributed by atoms with E-state index in [-0.39, 0.29) is 0 Å². The summed E-state index contributed by atoms with van der Waals surface area (Å²) in [7, 11) is 0. The molecule has 1 aliphatic carbocycles. The molecule has 74 valence electrons. The van der Waals surface area contributed by atoms with E-state index < -0.39 is 0 Å². The summed E-state index contributed by atoms with van der Waals surface area (Å²) in [6.45, 7) is 0. The summed E-state index contributed by atoms with van der Waals surface area (Å²) in [5.74, 6) is 0.904. The zero-order chi connectivity index (χ0) is 9.54. The molecule has 1 fully saturated rings. The molecule has 0 bridgehead atoms. The fraction of sp³-hybridized carbons (Fsp3) is 0.500. The van der Waals surface area contributed by atoms with Crippen LogP contribution in [0.25, 0.3) is 0 Å². The lowest BCUT2D eigenvalue weighted by molar-refractivity contribution is 0.278. The van der Waals surface area contributed by atoms with Crippen molar-refractivity contribution in [1.82, 2.24) is 0 Å². The van der Waals surface area contributed by atoms with E-state index in [0.717, 1.165) is 10.9 Å². The van der Waals surface area contributed by atoms with Crippen molar-refractivity contribution in [2.75, 3.05) is 5.32 Å². The molecular weight excluding hydrogens is 194 g/mol. The van der Waals surface area contributed by atoms with Gasteiger partial charge in [0.25, 0.3) is 0 Å². The van der Waals surface area contributed by atoms with Gasteiger partial charge in [-0.25, -0.2) is 0 Å². The largest absolute Gasteiger partial charge is 0.381 e. The summed E-state index contributed by atoms with van der Waals surface area (Å²) >= 11 is 5.96. The van der Waals surface area contributed by atoms with Gasteiger partial charge in [-0.05, 0) is 42.9 Å². The summed E-state index contributed by atoms with van der Waals surface area (Å²) in [6, 6.07) is 6.88. The van der Waals surface area contributed by atoms with Crippen LogP contribution < -0.4 is 5.32 Å². The molecule has 1 aliphatic heterocycles. The smallest absolute Gasteiger partial charge is 0.0426 e. The second-order valence-corrected chi connectivity index (χ2v) is 4.88. The van der Waals surface area contributed by atoms with Gasteiger partial charge >= 0.3 is 0 Å². The van der Waals surface area contributed by atoms with Crippen LogP contribution in [-0.2, 0) is 6.42 Å². The molecule has 2 aliphatic rings. The van der Waals surface area contributed by atoms with Crippen molar-refractivity contribution in [2.24, 2.45) is 5.92 Å². The zero-order valence-electron chi connectivity index (χ0n) is 8.09. The lowest BCUT2D eigenvalue weighted by Crippen LogP contribution is -2.31. The van der Waals surface area contributed by atoms with E-state index in [1.165, 1.54) is 36.9 Å². The average Bonchev–Trinajstić information content (AvgIpc) is 2.43. The molecule has 0 saturated heterocycles. The Morgan fingerprint density at radius 3 is 2.86 bits per heavy atom. The van der Waals surface area contributed by atoms with Crippen molar-refractivity contribution < 1.29 is 0 Å². The topological polar surface area (TPSA) is 12.0 Å². The zero-order valence-corrected chi connectivity index (χ0v) is 8.85. The number of hydrogen-bond acceptors (Lipinski definition) is 1. The molecule has 2 heteroatoms.